The highest BCUT2D eigenvalue weighted by Crippen LogP contribution is 2.30. The number of hydrogen-bond donors (Lipinski definition) is 1. The molecule has 9 heteroatoms. The van der Waals surface area contributed by atoms with Gasteiger partial charge in [-0.1, -0.05) is 37.3 Å². The van der Waals surface area contributed by atoms with E-state index in [9.17, 15) is 19.7 Å². The predicted octanol–water partition coefficient (Wildman–Crippen LogP) is 3.36. The summed E-state index contributed by atoms with van der Waals surface area (Å²) in [5, 5.41) is 13.9. The lowest BCUT2D eigenvalue weighted by molar-refractivity contribution is -0.385. The zero-order valence-electron chi connectivity index (χ0n) is 19.4. The maximum Gasteiger partial charge on any atom is 0.311 e. The fourth-order valence-electron chi connectivity index (χ4n) is 3.40. The summed E-state index contributed by atoms with van der Waals surface area (Å²) in [6, 6.07) is 13.0. The minimum atomic E-state index is -0.640. The van der Waals surface area contributed by atoms with Crippen molar-refractivity contribution >= 4 is 17.5 Å². The summed E-state index contributed by atoms with van der Waals surface area (Å²) in [4.78, 5) is 38.0. The summed E-state index contributed by atoms with van der Waals surface area (Å²) in [5.41, 5.74) is 0.854. The highest BCUT2D eigenvalue weighted by molar-refractivity contribution is 5.88. The molecule has 0 fully saturated rings. The molecule has 2 amide bonds. The van der Waals surface area contributed by atoms with Gasteiger partial charge in [0.1, 0.15) is 11.8 Å². The number of nitro groups is 1. The number of carbonyl (C=O) groups is 2. The van der Waals surface area contributed by atoms with E-state index in [0.29, 0.717) is 19.4 Å². The molecule has 0 aliphatic rings. The summed E-state index contributed by atoms with van der Waals surface area (Å²) in [6.45, 7) is 5.62. The minimum absolute atomic E-state index is 0.0358. The molecule has 0 saturated carbocycles. The molecule has 0 bridgehead atoms. The van der Waals surface area contributed by atoms with E-state index >= 15 is 0 Å². The quantitative estimate of drug-likeness (QED) is 0.386. The van der Waals surface area contributed by atoms with E-state index in [2.05, 4.69) is 5.32 Å². The smallest absolute Gasteiger partial charge is 0.311 e. The van der Waals surface area contributed by atoms with Crippen molar-refractivity contribution < 1.29 is 24.0 Å². The van der Waals surface area contributed by atoms with Crippen LogP contribution in [0.5, 0.6) is 11.5 Å². The number of nitrogens with zero attached hydrogens (tertiary/aromatic N) is 2. The highest BCUT2D eigenvalue weighted by Gasteiger charge is 2.29. The Balaban J connectivity index is 2.17. The van der Waals surface area contributed by atoms with Gasteiger partial charge >= 0.3 is 5.69 Å². The maximum atomic E-state index is 13.1. The van der Waals surface area contributed by atoms with E-state index in [1.165, 1.54) is 30.2 Å². The molecule has 178 valence electrons. The molecule has 0 saturated heterocycles. The van der Waals surface area contributed by atoms with E-state index in [1.54, 1.807) is 0 Å². The van der Waals surface area contributed by atoms with Crippen molar-refractivity contribution in [3.63, 3.8) is 0 Å². The molecule has 9 nitrogen and oxygen atoms in total. The fraction of sp³-hybridized carbons (Fsp3) is 0.417. The third-order valence-corrected chi connectivity index (χ3v) is 5.01. The van der Waals surface area contributed by atoms with Crippen LogP contribution in [0.4, 0.5) is 5.69 Å². The third kappa shape index (κ3) is 7.48. The highest BCUT2D eigenvalue weighted by atomic mass is 16.6. The van der Waals surface area contributed by atoms with Gasteiger partial charge in [0.05, 0.1) is 12.0 Å². The Hall–Kier alpha value is -3.62. The number of carbonyl (C=O) groups excluding carboxylic acids is 2. The lowest BCUT2D eigenvalue weighted by Crippen LogP contribution is -2.52. The van der Waals surface area contributed by atoms with E-state index in [-0.39, 0.29) is 41.6 Å². The van der Waals surface area contributed by atoms with Gasteiger partial charge in [-0.3, -0.25) is 19.7 Å². The molecule has 33 heavy (non-hydrogen) atoms. The standard InChI is InChI=1S/C24H31N3O6/c1-5-20(24(29)25-17(2)3)26(14-13-18-9-7-6-8-10-18)23(28)16-33-19-11-12-21(27(30)31)22(15-19)32-4/h6-12,15,17,20H,5,13-14,16H2,1-4H3,(H,25,29). The number of rotatable bonds is 12. The molecule has 0 spiro atoms. The van der Waals surface area contributed by atoms with Crippen LogP contribution in [0, 0.1) is 10.1 Å². The van der Waals surface area contributed by atoms with E-state index < -0.39 is 11.0 Å². The van der Waals surface area contributed by atoms with Crippen LogP contribution in [0.15, 0.2) is 48.5 Å². The van der Waals surface area contributed by atoms with E-state index in [0.717, 1.165) is 5.56 Å². The topological polar surface area (TPSA) is 111 Å². The molecule has 1 unspecified atom stereocenters. The summed E-state index contributed by atoms with van der Waals surface area (Å²) in [6.07, 6.45) is 1.04. The molecule has 2 rings (SSSR count). The second-order valence-corrected chi connectivity index (χ2v) is 7.79. The summed E-state index contributed by atoms with van der Waals surface area (Å²) >= 11 is 0. The zero-order chi connectivity index (χ0) is 24.4. The van der Waals surface area contributed by atoms with Crippen molar-refractivity contribution in [3.8, 4) is 11.5 Å². The molecule has 0 aliphatic heterocycles. The normalized spacial score (nSPS) is 11.5. The average Bonchev–Trinajstić information content (AvgIpc) is 2.79. The van der Waals surface area contributed by atoms with Gasteiger partial charge in [0.2, 0.25) is 11.7 Å². The number of ether oxygens (including phenoxy) is 2. The molecule has 2 aromatic rings. The van der Waals surface area contributed by atoms with E-state index in [1.807, 2.05) is 51.1 Å². The number of benzene rings is 2. The number of amides is 2. The van der Waals surface area contributed by atoms with Crippen LogP contribution in [0.25, 0.3) is 0 Å². The summed E-state index contributed by atoms with van der Waals surface area (Å²) in [5.74, 6) is -0.276. The predicted molar refractivity (Wildman–Crippen MR) is 124 cm³/mol. The first kappa shape index (κ1) is 25.6. The summed E-state index contributed by atoms with van der Waals surface area (Å²) < 4.78 is 10.7. The van der Waals surface area contributed by atoms with Crippen molar-refractivity contribution in [2.45, 2.75) is 45.7 Å². The zero-order valence-corrected chi connectivity index (χ0v) is 19.4. The van der Waals surface area contributed by atoms with Gasteiger partial charge in [-0.25, -0.2) is 0 Å². The first-order valence-electron chi connectivity index (χ1n) is 10.9. The fourth-order valence-corrected chi connectivity index (χ4v) is 3.40. The Morgan fingerprint density at radius 1 is 1.15 bits per heavy atom. The lowest BCUT2D eigenvalue weighted by Gasteiger charge is -2.31. The van der Waals surface area contributed by atoms with Crippen LogP contribution in [0.3, 0.4) is 0 Å². The van der Waals surface area contributed by atoms with Gasteiger partial charge in [-0.2, -0.15) is 0 Å². The van der Waals surface area contributed by atoms with Crippen LogP contribution in [0.1, 0.15) is 32.8 Å². The maximum absolute atomic E-state index is 13.1. The van der Waals surface area contributed by atoms with Gasteiger partial charge in [-0.15, -0.1) is 0 Å². The number of nitro benzene ring substituents is 1. The number of nitrogens with one attached hydrogen (secondary N) is 1. The van der Waals surface area contributed by atoms with Crippen LogP contribution < -0.4 is 14.8 Å². The van der Waals surface area contributed by atoms with Crippen molar-refractivity contribution in [1.82, 2.24) is 10.2 Å². The van der Waals surface area contributed by atoms with Crippen molar-refractivity contribution in [3.05, 3.63) is 64.2 Å². The largest absolute Gasteiger partial charge is 0.490 e. The van der Waals surface area contributed by atoms with Gasteiger partial charge in [0.15, 0.2) is 6.61 Å². The Morgan fingerprint density at radius 2 is 1.85 bits per heavy atom. The molecule has 1 N–H and O–H groups in total. The second kappa shape index (κ2) is 12.4. The molecule has 0 aromatic heterocycles. The number of methoxy groups -OCH3 is 1. The number of hydrogen-bond acceptors (Lipinski definition) is 6. The minimum Gasteiger partial charge on any atom is -0.490 e. The Kier molecular flexibility index (Phi) is 9.65. The summed E-state index contributed by atoms with van der Waals surface area (Å²) in [7, 11) is 1.32. The average molecular weight is 458 g/mol. The van der Waals surface area contributed by atoms with Gasteiger partial charge in [0, 0.05) is 24.7 Å². The van der Waals surface area contributed by atoms with Gasteiger partial charge in [0.25, 0.3) is 5.91 Å². The molecule has 2 aromatic carbocycles. The van der Waals surface area contributed by atoms with E-state index in [4.69, 9.17) is 9.47 Å². The third-order valence-electron chi connectivity index (χ3n) is 5.01. The van der Waals surface area contributed by atoms with Crippen LogP contribution in [-0.2, 0) is 16.0 Å². The van der Waals surface area contributed by atoms with Crippen molar-refractivity contribution in [2.75, 3.05) is 20.3 Å². The molecule has 0 radical (unpaired) electrons. The Morgan fingerprint density at radius 3 is 2.42 bits per heavy atom. The lowest BCUT2D eigenvalue weighted by atomic mass is 10.1. The first-order valence-corrected chi connectivity index (χ1v) is 10.9. The molecule has 0 heterocycles. The first-order chi connectivity index (χ1) is 15.8. The second-order valence-electron chi connectivity index (χ2n) is 7.79. The monoisotopic (exact) mass is 457 g/mol. The van der Waals surface area contributed by atoms with Gasteiger partial charge < -0.3 is 19.7 Å². The molecule has 1 atom stereocenters. The van der Waals surface area contributed by atoms with Crippen LogP contribution in [-0.4, -0.2) is 54.0 Å². The van der Waals surface area contributed by atoms with Crippen LogP contribution in [0.2, 0.25) is 0 Å². The Bertz CT molecular complexity index is 948. The van der Waals surface area contributed by atoms with Crippen molar-refractivity contribution in [2.24, 2.45) is 0 Å². The van der Waals surface area contributed by atoms with Gasteiger partial charge in [-0.05, 0) is 38.3 Å². The van der Waals surface area contributed by atoms with Crippen LogP contribution >= 0.6 is 0 Å². The van der Waals surface area contributed by atoms with Crippen molar-refractivity contribution in [1.29, 1.82) is 0 Å². The molecule has 0 aliphatic carbocycles. The molecular weight excluding hydrogens is 426 g/mol. The molecular formula is C24H31N3O6. The Labute approximate surface area is 193 Å². The SMILES string of the molecule is CCC(C(=O)NC(C)C)N(CCc1ccccc1)C(=O)COc1ccc([N+](=O)[O-])c(OC)c1.